The van der Waals surface area contributed by atoms with Crippen LogP contribution >= 0.6 is 0 Å². The molecule has 0 spiro atoms. The first-order chi connectivity index (χ1) is 12.8. The Morgan fingerprint density at radius 3 is 2.78 bits per heavy atom. The highest BCUT2D eigenvalue weighted by Gasteiger charge is 2.41. The number of fused-ring (bicyclic) bond motifs is 2. The van der Waals surface area contributed by atoms with Crippen molar-refractivity contribution in [3.8, 4) is 11.1 Å². The van der Waals surface area contributed by atoms with Crippen LogP contribution in [0.3, 0.4) is 0 Å². The quantitative estimate of drug-likeness (QED) is 0.638. The molecule has 3 aromatic rings. The summed E-state index contributed by atoms with van der Waals surface area (Å²) in [6, 6.07) is 9.12. The third kappa shape index (κ3) is 2.85. The summed E-state index contributed by atoms with van der Waals surface area (Å²) in [7, 11) is -3.73. The number of aromatic amines is 1. The lowest BCUT2D eigenvalue weighted by molar-refractivity contribution is 0.0738. The molecule has 142 valence electrons. The summed E-state index contributed by atoms with van der Waals surface area (Å²) in [6.07, 6.45) is 0.632. The van der Waals surface area contributed by atoms with Gasteiger partial charge in [-0.25, -0.2) is 12.8 Å². The van der Waals surface area contributed by atoms with Gasteiger partial charge in [-0.1, -0.05) is 6.07 Å². The highest BCUT2D eigenvalue weighted by atomic mass is 32.2. The van der Waals surface area contributed by atoms with Gasteiger partial charge in [0.2, 0.25) is 10.0 Å². The van der Waals surface area contributed by atoms with Crippen molar-refractivity contribution in [3.63, 3.8) is 0 Å². The fourth-order valence-electron chi connectivity index (χ4n) is 3.63. The number of aromatic nitrogens is 1. The Kier molecular flexibility index (Phi) is 4.31. The zero-order chi connectivity index (χ0) is 19.3. The molecule has 2 unspecified atom stereocenters. The minimum atomic E-state index is -3.73. The van der Waals surface area contributed by atoms with Crippen LogP contribution in [0.2, 0.25) is 0 Å². The Morgan fingerprint density at radius 2 is 2.04 bits per heavy atom. The standard InChI is InChI=1S/C19H19FN2O4S/c1-11-16-6-12(17-8-21-18-7-13(20)3-4-15(17)18)2-5-19(16)27(25,26)22(11)9-14(24)10-23/h2-8,11,14,21,23-24H,9-10H2,1H3. The number of hydrogen-bond donors (Lipinski definition) is 3. The average Bonchev–Trinajstić information content (AvgIpc) is 3.14. The highest BCUT2D eigenvalue weighted by Crippen LogP contribution is 2.42. The van der Waals surface area contributed by atoms with Crippen molar-refractivity contribution in [1.29, 1.82) is 0 Å². The summed E-state index contributed by atoms with van der Waals surface area (Å²) in [5, 5.41) is 19.6. The molecule has 2 heterocycles. The number of benzene rings is 2. The number of rotatable bonds is 4. The van der Waals surface area contributed by atoms with Crippen molar-refractivity contribution in [1.82, 2.24) is 9.29 Å². The first-order valence-corrected chi connectivity index (χ1v) is 9.98. The molecule has 2 atom stereocenters. The lowest BCUT2D eigenvalue weighted by Crippen LogP contribution is -2.36. The molecule has 3 N–H and O–H groups in total. The van der Waals surface area contributed by atoms with Crippen molar-refractivity contribution in [3.05, 3.63) is 54.0 Å². The SMILES string of the molecule is CC1c2cc(-c3c[nH]c4cc(F)ccc34)ccc2S(=O)(=O)N1CC(O)CO. The highest BCUT2D eigenvalue weighted by molar-refractivity contribution is 7.89. The maximum atomic E-state index is 13.4. The number of H-pyrrole nitrogens is 1. The Hall–Kier alpha value is -2.26. The van der Waals surface area contributed by atoms with Crippen LogP contribution in [0, 0.1) is 5.82 Å². The number of aliphatic hydroxyl groups excluding tert-OH is 2. The Bertz CT molecular complexity index is 1130. The van der Waals surface area contributed by atoms with Gasteiger partial charge in [0, 0.05) is 35.2 Å². The van der Waals surface area contributed by atoms with Crippen LogP contribution in [0.15, 0.2) is 47.5 Å². The van der Waals surface area contributed by atoms with E-state index >= 15 is 0 Å². The van der Waals surface area contributed by atoms with Gasteiger partial charge in [0.25, 0.3) is 0 Å². The van der Waals surface area contributed by atoms with Crippen LogP contribution < -0.4 is 0 Å². The van der Waals surface area contributed by atoms with E-state index in [1.54, 1.807) is 31.3 Å². The molecule has 4 rings (SSSR count). The van der Waals surface area contributed by atoms with Crippen molar-refractivity contribution in [2.75, 3.05) is 13.2 Å². The average molecular weight is 390 g/mol. The van der Waals surface area contributed by atoms with E-state index in [0.29, 0.717) is 11.1 Å². The third-order valence-corrected chi connectivity index (χ3v) is 7.05. The lowest BCUT2D eigenvalue weighted by Gasteiger charge is -2.22. The van der Waals surface area contributed by atoms with E-state index in [1.165, 1.54) is 16.4 Å². The summed E-state index contributed by atoms with van der Waals surface area (Å²) >= 11 is 0. The fourth-order valence-corrected chi connectivity index (χ4v) is 5.54. The largest absolute Gasteiger partial charge is 0.394 e. The van der Waals surface area contributed by atoms with Crippen LogP contribution in [-0.2, 0) is 10.0 Å². The molecule has 0 amide bonds. The molecular weight excluding hydrogens is 371 g/mol. The first kappa shape index (κ1) is 18.1. The van der Waals surface area contributed by atoms with Gasteiger partial charge >= 0.3 is 0 Å². The van der Waals surface area contributed by atoms with Crippen LogP contribution in [-0.4, -0.2) is 47.2 Å². The van der Waals surface area contributed by atoms with Gasteiger partial charge in [-0.05, 0) is 48.4 Å². The number of nitrogens with one attached hydrogen (secondary N) is 1. The molecule has 0 aliphatic carbocycles. The second kappa shape index (κ2) is 6.42. The van der Waals surface area contributed by atoms with Gasteiger partial charge in [-0.2, -0.15) is 4.31 Å². The van der Waals surface area contributed by atoms with E-state index in [-0.39, 0.29) is 17.3 Å². The van der Waals surface area contributed by atoms with E-state index < -0.39 is 28.8 Å². The van der Waals surface area contributed by atoms with Gasteiger partial charge in [-0.3, -0.25) is 0 Å². The normalized spacial score (nSPS) is 20.1. The number of halogens is 1. The molecule has 8 heteroatoms. The number of hydrogen-bond acceptors (Lipinski definition) is 4. The molecule has 1 aromatic heterocycles. The second-order valence-electron chi connectivity index (χ2n) is 6.73. The van der Waals surface area contributed by atoms with Gasteiger partial charge in [-0.15, -0.1) is 0 Å². The molecular formula is C19H19FN2O4S. The van der Waals surface area contributed by atoms with Crippen molar-refractivity contribution in [2.24, 2.45) is 0 Å². The molecule has 0 radical (unpaired) electrons. The zero-order valence-electron chi connectivity index (χ0n) is 14.6. The number of aliphatic hydroxyl groups is 2. The van der Waals surface area contributed by atoms with Gasteiger partial charge < -0.3 is 15.2 Å². The van der Waals surface area contributed by atoms with E-state index in [0.717, 1.165) is 16.5 Å². The fraction of sp³-hybridized carbons (Fsp3) is 0.263. The number of nitrogens with zero attached hydrogens (tertiary/aromatic N) is 1. The minimum absolute atomic E-state index is 0.170. The Morgan fingerprint density at radius 1 is 1.26 bits per heavy atom. The monoisotopic (exact) mass is 390 g/mol. The molecule has 27 heavy (non-hydrogen) atoms. The summed E-state index contributed by atoms with van der Waals surface area (Å²) in [5.74, 6) is -0.331. The summed E-state index contributed by atoms with van der Waals surface area (Å²) < 4.78 is 40.2. The van der Waals surface area contributed by atoms with Crippen LogP contribution in [0.25, 0.3) is 22.0 Å². The summed E-state index contributed by atoms with van der Waals surface area (Å²) in [4.78, 5) is 3.24. The smallest absolute Gasteiger partial charge is 0.244 e. The first-order valence-electron chi connectivity index (χ1n) is 8.54. The summed E-state index contributed by atoms with van der Waals surface area (Å²) in [6.45, 7) is 1.07. The van der Waals surface area contributed by atoms with Crippen LogP contribution in [0.1, 0.15) is 18.5 Å². The van der Waals surface area contributed by atoms with Crippen molar-refractivity contribution in [2.45, 2.75) is 24.0 Å². The van der Waals surface area contributed by atoms with Crippen LogP contribution in [0.5, 0.6) is 0 Å². The van der Waals surface area contributed by atoms with E-state index in [9.17, 15) is 17.9 Å². The Labute approximate surface area is 155 Å². The zero-order valence-corrected chi connectivity index (χ0v) is 15.4. The van der Waals surface area contributed by atoms with Gasteiger partial charge in [0.15, 0.2) is 0 Å². The molecule has 0 fully saturated rings. The molecule has 1 aliphatic heterocycles. The maximum absolute atomic E-state index is 13.4. The third-order valence-electron chi connectivity index (χ3n) is 5.03. The molecule has 0 saturated carbocycles. The predicted molar refractivity (Wildman–Crippen MR) is 99.1 cm³/mol. The van der Waals surface area contributed by atoms with Crippen molar-refractivity contribution < 1.29 is 23.0 Å². The molecule has 1 aliphatic rings. The van der Waals surface area contributed by atoms with E-state index in [4.69, 9.17) is 5.11 Å². The molecule has 0 bridgehead atoms. The summed E-state index contributed by atoms with van der Waals surface area (Å²) in [5.41, 5.74) is 2.97. The molecule has 0 saturated heterocycles. The second-order valence-corrected chi connectivity index (χ2v) is 8.59. The maximum Gasteiger partial charge on any atom is 0.244 e. The topological polar surface area (TPSA) is 93.6 Å². The van der Waals surface area contributed by atoms with Gasteiger partial charge in [0.1, 0.15) is 5.82 Å². The van der Waals surface area contributed by atoms with E-state index in [1.807, 2.05) is 6.07 Å². The predicted octanol–water partition coefficient (Wildman–Crippen LogP) is 2.39. The van der Waals surface area contributed by atoms with Gasteiger partial charge in [0.05, 0.1) is 17.6 Å². The van der Waals surface area contributed by atoms with Crippen LogP contribution in [0.4, 0.5) is 4.39 Å². The Balaban J connectivity index is 1.79. The van der Waals surface area contributed by atoms with Crippen molar-refractivity contribution >= 4 is 20.9 Å². The lowest BCUT2D eigenvalue weighted by atomic mass is 9.99. The number of β-amino-alcohol motifs (C(OH)–C–C–N with tert-alkyl or cyclic N) is 1. The molecule has 2 aromatic carbocycles. The molecule has 6 nitrogen and oxygen atoms in total. The minimum Gasteiger partial charge on any atom is -0.394 e. The number of sulfonamides is 1. The van der Waals surface area contributed by atoms with E-state index in [2.05, 4.69) is 4.98 Å².